The van der Waals surface area contributed by atoms with Crippen molar-refractivity contribution in [1.82, 2.24) is 4.98 Å². The molecule has 0 saturated heterocycles. The predicted molar refractivity (Wildman–Crippen MR) is 58.2 cm³/mol. The molecule has 0 radical (unpaired) electrons. The van der Waals surface area contributed by atoms with Gasteiger partial charge in [-0.2, -0.15) is 11.8 Å². The lowest BCUT2D eigenvalue weighted by Crippen LogP contribution is -2.00. The molecule has 2 nitrogen and oxygen atoms in total. The average molecular weight is 202 g/mol. The molecule has 0 unspecified atom stereocenters. The standard InChI is InChI=1S/C8H14N2S2/c1-11-6-3-2-4-9-8-10-5-7-12-8/h5,7H,2-4,6H2,1H3,(H,9,10). The molecule has 0 amide bonds. The molecule has 0 aliphatic heterocycles. The number of thiazole rings is 1. The Hall–Kier alpha value is -0.220. The molecule has 0 fully saturated rings. The van der Waals surface area contributed by atoms with Gasteiger partial charge in [-0.05, 0) is 24.9 Å². The van der Waals surface area contributed by atoms with E-state index in [0.29, 0.717) is 0 Å². The number of anilines is 1. The van der Waals surface area contributed by atoms with Crippen molar-refractivity contribution < 1.29 is 0 Å². The van der Waals surface area contributed by atoms with E-state index in [-0.39, 0.29) is 0 Å². The van der Waals surface area contributed by atoms with Crippen LogP contribution in [-0.4, -0.2) is 23.5 Å². The monoisotopic (exact) mass is 202 g/mol. The summed E-state index contributed by atoms with van der Waals surface area (Å²) in [4.78, 5) is 4.14. The number of hydrogen-bond donors (Lipinski definition) is 1. The van der Waals surface area contributed by atoms with Gasteiger partial charge in [0.05, 0.1) is 0 Å². The molecule has 12 heavy (non-hydrogen) atoms. The zero-order valence-electron chi connectivity index (χ0n) is 7.25. The molecule has 0 aliphatic rings. The maximum atomic E-state index is 4.14. The minimum atomic E-state index is 1.04. The summed E-state index contributed by atoms with van der Waals surface area (Å²) in [5.41, 5.74) is 0. The minimum absolute atomic E-state index is 1.04. The van der Waals surface area contributed by atoms with E-state index in [0.717, 1.165) is 11.7 Å². The molecule has 0 bridgehead atoms. The van der Waals surface area contributed by atoms with Crippen molar-refractivity contribution in [2.24, 2.45) is 0 Å². The molecule has 1 N–H and O–H groups in total. The van der Waals surface area contributed by atoms with E-state index in [9.17, 15) is 0 Å². The van der Waals surface area contributed by atoms with E-state index in [4.69, 9.17) is 0 Å². The fourth-order valence-electron chi connectivity index (χ4n) is 0.877. The summed E-state index contributed by atoms with van der Waals surface area (Å²) in [5, 5.41) is 6.31. The van der Waals surface area contributed by atoms with Crippen LogP contribution in [0.5, 0.6) is 0 Å². The Bertz CT molecular complexity index is 187. The summed E-state index contributed by atoms with van der Waals surface area (Å²) in [6.07, 6.45) is 6.50. The fourth-order valence-corrected chi connectivity index (χ4v) is 1.93. The molecule has 1 aromatic rings. The lowest BCUT2D eigenvalue weighted by Gasteiger charge is -2.00. The number of thioether (sulfide) groups is 1. The second-order valence-corrected chi connectivity index (χ2v) is 4.34. The number of hydrogen-bond acceptors (Lipinski definition) is 4. The minimum Gasteiger partial charge on any atom is -0.362 e. The summed E-state index contributed by atoms with van der Waals surface area (Å²) < 4.78 is 0. The van der Waals surface area contributed by atoms with Crippen LogP contribution < -0.4 is 5.32 Å². The number of unbranched alkanes of at least 4 members (excludes halogenated alkanes) is 1. The summed E-state index contributed by atoms with van der Waals surface area (Å²) >= 11 is 3.57. The van der Waals surface area contributed by atoms with Crippen LogP contribution in [0.25, 0.3) is 0 Å². The zero-order chi connectivity index (χ0) is 8.65. The third-order valence-corrected chi connectivity index (χ3v) is 2.91. The first kappa shape index (κ1) is 9.86. The van der Waals surface area contributed by atoms with Crippen LogP contribution in [-0.2, 0) is 0 Å². The summed E-state index contributed by atoms with van der Waals surface area (Å²) in [6, 6.07) is 0. The average Bonchev–Trinajstić information content (AvgIpc) is 2.57. The zero-order valence-corrected chi connectivity index (χ0v) is 8.88. The highest BCUT2D eigenvalue weighted by atomic mass is 32.2. The van der Waals surface area contributed by atoms with Crippen molar-refractivity contribution in [3.63, 3.8) is 0 Å². The Balaban J connectivity index is 1.96. The number of rotatable bonds is 6. The van der Waals surface area contributed by atoms with E-state index in [1.54, 1.807) is 11.3 Å². The van der Waals surface area contributed by atoms with Gasteiger partial charge in [-0.1, -0.05) is 0 Å². The van der Waals surface area contributed by atoms with Crippen LogP contribution in [0.15, 0.2) is 11.6 Å². The summed E-state index contributed by atoms with van der Waals surface area (Å²) in [7, 11) is 0. The fraction of sp³-hybridized carbons (Fsp3) is 0.625. The maximum absolute atomic E-state index is 4.14. The van der Waals surface area contributed by atoms with Crippen molar-refractivity contribution in [3.8, 4) is 0 Å². The van der Waals surface area contributed by atoms with Crippen molar-refractivity contribution in [3.05, 3.63) is 11.6 Å². The topological polar surface area (TPSA) is 24.9 Å². The normalized spacial score (nSPS) is 10.1. The number of aromatic nitrogens is 1. The van der Waals surface area contributed by atoms with Gasteiger partial charge in [0, 0.05) is 18.1 Å². The molecule has 0 aliphatic carbocycles. The first-order valence-corrected chi connectivity index (χ1v) is 6.33. The first-order chi connectivity index (χ1) is 5.93. The Morgan fingerprint density at radius 1 is 1.58 bits per heavy atom. The van der Waals surface area contributed by atoms with Crippen LogP contribution in [0.3, 0.4) is 0 Å². The largest absolute Gasteiger partial charge is 0.362 e. The molecule has 0 spiro atoms. The lowest BCUT2D eigenvalue weighted by atomic mass is 10.3. The second-order valence-electron chi connectivity index (χ2n) is 2.46. The van der Waals surface area contributed by atoms with Crippen LogP contribution in [0, 0.1) is 0 Å². The van der Waals surface area contributed by atoms with Crippen molar-refractivity contribution in [2.75, 3.05) is 23.9 Å². The van der Waals surface area contributed by atoms with E-state index >= 15 is 0 Å². The van der Waals surface area contributed by atoms with Crippen molar-refractivity contribution >= 4 is 28.2 Å². The Labute approximate surface area is 81.8 Å². The highest BCUT2D eigenvalue weighted by Crippen LogP contribution is 2.10. The van der Waals surface area contributed by atoms with Gasteiger partial charge >= 0.3 is 0 Å². The molecule has 1 aromatic heterocycles. The predicted octanol–water partition coefficient (Wildman–Crippen LogP) is 2.70. The molecule has 68 valence electrons. The molecular weight excluding hydrogens is 188 g/mol. The lowest BCUT2D eigenvalue weighted by molar-refractivity contribution is 0.842. The van der Waals surface area contributed by atoms with Gasteiger partial charge in [0.1, 0.15) is 0 Å². The molecular formula is C8H14N2S2. The molecule has 0 aromatic carbocycles. The van der Waals surface area contributed by atoms with Gasteiger partial charge in [0.15, 0.2) is 5.13 Å². The van der Waals surface area contributed by atoms with Gasteiger partial charge in [0.25, 0.3) is 0 Å². The molecule has 0 saturated carbocycles. The molecule has 1 rings (SSSR count). The SMILES string of the molecule is CSCCCCNc1nccs1. The highest BCUT2D eigenvalue weighted by Gasteiger charge is 1.92. The van der Waals surface area contributed by atoms with Gasteiger partial charge in [-0.25, -0.2) is 4.98 Å². The maximum Gasteiger partial charge on any atom is 0.182 e. The van der Waals surface area contributed by atoms with E-state index in [2.05, 4.69) is 16.6 Å². The van der Waals surface area contributed by atoms with Crippen LogP contribution in [0.4, 0.5) is 5.13 Å². The van der Waals surface area contributed by atoms with Crippen molar-refractivity contribution in [1.29, 1.82) is 0 Å². The van der Waals surface area contributed by atoms with Gasteiger partial charge in [0.2, 0.25) is 0 Å². The Morgan fingerprint density at radius 3 is 3.17 bits per heavy atom. The van der Waals surface area contributed by atoms with Crippen LogP contribution in [0.1, 0.15) is 12.8 Å². The van der Waals surface area contributed by atoms with Gasteiger partial charge in [-0.3, -0.25) is 0 Å². The first-order valence-electron chi connectivity index (χ1n) is 4.06. The third kappa shape index (κ3) is 3.97. The van der Waals surface area contributed by atoms with Crippen LogP contribution >= 0.6 is 23.1 Å². The Kier molecular flexibility index (Phi) is 5.19. The molecule has 4 heteroatoms. The van der Waals surface area contributed by atoms with Crippen LogP contribution in [0.2, 0.25) is 0 Å². The van der Waals surface area contributed by atoms with E-state index in [1.165, 1.54) is 18.6 Å². The quantitative estimate of drug-likeness (QED) is 0.718. The smallest absolute Gasteiger partial charge is 0.182 e. The highest BCUT2D eigenvalue weighted by molar-refractivity contribution is 7.98. The van der Waals surface area contributed by atoms with Crippen molar-refractivity contribution in [2.45, 2.75) is 12.8 Å². The third-order valence-electron chi connectivity index (χ3n) is 1.48. The number of nitrogens with zero attached hydrogens (tertiary/aromatic N) is 1. The molecule has 1 heterocycles. The second kappa shape index (κ2) is 6.31. The van der Waals surface area contributed by atoms with E-state index < -0.39 is 0 Å². The molecule has 0 atom stereocenters. The summed E-state index contributed by atoms with van der Waals surface area (Å²) in [5.74, 6) is 1.26. The Morgan fingerprint density at radius 2 is 2.50 bits per heavy atom. The summed E-state index contributed by atoms with van der Waals surface area (Å²) in [6.45, 7) is 1.05. The van der Waals surface area contributed by atoms with Gasteiger partial charge in [-0.15, -0.1) is 11.3 Å². The van der Waals surface area contributed by atoms with E-state index in [1.807, 2.05) is 23.3 Å². The van der Waals surface area contributed by atoms with Gasteiger partial charge < -0.3 is 5.32 Å². The number of nitrogens with one attached hydrogen (secondary N) is 1.